The van der Waals surface area contributed by atoms with Gasteiger partial charge in [0.1, 0.15) is 0 Å². The highest BCUT2D eigenvalue weighted by molar-refractivity contribution is 8.26. The fourth-order valence-corrected chi connectivity index (χ4v) is 13.9. The summed E-state index contributed by atoms with van der Waals surface area (Å²) in [6.45, 7) is 0. The Kier molecular flexibility index (Phi) is 32.0. The lowest BCUT2D eigenvalue weighted by Crippen LogP contribution is -2.08. The molecule has 17 heteroatoms. The second-order valence-corrected chi connectivity index (χ2v) is 20.2. The number of carbonyl (C=O) groups is 2. The molecule has 0 spiro atoms. The molecule has 0 rings (SSSR count). The number of aliphatic hydroxyl groups is 2. The van der Waals surface area contributed by atoms with E-state index in [0.29, 0.717) is 50.4 Å². The molecular formula is C18H34O6S11. The van der Waals surface area contributed by atoms with Gasteiger partial charge < -0.3 is 10.2 Å². The number of carbonyl (C=O) groups excluding carboxylic acids is 2. The summed E-state index contributed by atoms with van der Waals surface area (Å²) >= 11 is 13.4. The molecule has 0 aromatic heterocycles. The van der Waals surface area contributed by atoms with Crippen molar-refractivity contribution >= 4 is 138 Å². The highest BCUT2D eigenvalue weighted by Gasteiger charge is 2.08. The van der Waals surface area contributed by atoms with E-state index in [1.807, 2.05) is 0 Å². The van der Waals surface area contributed by atoms with E-state index in [4.69, 9.17) is 10.2 Å². The van der Waals surface area contributed by atoms with Crippen LogP contribution in [-0.4, -0.2) is 119 Å². The summed E-state index contributed by atoms with van der Waals surface area (Å²) in [5, 5.41) is 20.3. The molecule has 0 aromatic carbocycles. The first-order valence-corrected chi connectivity index (χ1v) is 23.3. The fourth-order valence-electron chi connectivity index (χ4n) is 1.77. The summed E-state index contributed by atoms with van der Waals surface area (Å²) < 4.78 is 23.9. The Morgan fingerprint density at radius 1 is 0.543 bits per heavy atom. The Hall–Kier alpha value is 2.71. The molecule has 2 atom stereocenters. The Labute approximate surface area is 253 Å². The van der Waals surface area contributed by atoms with Gasteiger partial charge in [-0.1, -0.05) is 23.5 Å². The largest absolute Gasteiger partial charge is 0.386 e. The lowest BCUT2D eigenvalue weighted by atomic mass is 10.9. The van der Waals surface area contributed by atoms with Crippen LogP contribution in [0.3, 0.4) is 0 Å². The molecule has 0 radical (unpaired) electrons. The quantitative estimate of drug-likeness (QED) is 0.101. The van der Waals surface area contributed by atoms with E-state index >= 15 is 0 Å². The van der Waals surface area contributed by atoms with Gasteiger partial charge in [-0.2, -0.15) is 47.0 Å². The van der Waals surface area contributed by atoms with Gasteiger partial charge in [0.15, 0.2) is 10.2 Å². The van der Waals surface area contributed by atoms with Crippen LogP contribution in [0.15, 0.2) is 0 Å². The first kappa shape index (κ1) is 37.7. The van der Waals surface area contributed by atoms with Crippen molar-refractivity contribution in [3.05, 3.63) is 0 Å². The van der Waals surface area contributed by atoms with E-state index in [2.05, 4.69) is 0 Å². The topological polar surface area (TPSA) is 109 Å². The Bertz CT molecular complexity index is 585. The van der Waals surface area contributed by atoms with Gasteiger partial charge in [0.2, 0.25) is 0 Å². The number of hydrogen-bond acceptors (Lipinski definition) is 15. The molecule has 6 nitrogen and oxygen atoms in total. The second kappa shape index (κ2) is 29.7. The maximum atomic E-state index is 12.1. The van der Waals surface area contributed by atoms with Crippen molar-refractivity contribution in [1.82, 2.24) is 0 Å². The van der Waals surface area contributed by atoms with Crippen LogP contribution in [0, 0.1) is 0 Å². The predicted octanol–water partition coefficient (Wildman–Crippen LogP) is 3.87. The summed E-state index contributed by atoms with van der Waals surface area (Å²) in [4.78, 5) is 23.7. The monoisotopic (exact) mass is 698 g/mol. The molecule has 0 saturated heterocycles. The average Bonchev–Trinajstić information content (AvgIpc) is 2.84. The number of hydrogen-bond donors (Lipinski definition) is 2. The van der Waals surface area contributed by atoms with Crippen LogP contribution in [-0.2, 0) is 31.2 Å². The smallest absolute Gasteiger partial charge is 0.199 e. The molecule has 2 N–H and O–H groups in total. The van der Waals surface area contributed by atoms with Crippen LogP contribution >= 0.6 is 106 Å². The van der Waals surface area contributed by atoms with Gasteiger partial charge >= 0.3 is 0 Å². The molecule has 0 bridgehead atoms. The fraction of sp³-hybridized carbons (Fsp3) is 0.889. The standard InChI is InChI=1S/C18H34O6S11/c19-11-29-13-27-1-2-32-17(21)9-26-4-8-35(24)16-31-15-33-18(22)10-25-3-6-34(23)7-5-28-14-30-12-20/h19-20H,1-16H2. The molecule has 208 valence electrons. The number of thioether (sulfide) groups is 9. The summed E-state index contributed by atoms with van der Waals surface area (Å²) in [5.74, 6) is 6.74. The van der Waals surface area contributed by atoms with Crippen LogP contribution in [0.2, 0.25) is 0 Å². The molecule has 0 aliphatic heterocycles. The SMILES string of the molecule is O=C(CSCCS(=O)CSCSC(=O)CSCCS(=O)CCSCSCO)SCCSCSCO. The molecule has 0 heterocycles. The molecule has 0 aliphatic rings. The Balaban J connectivity index is 3.49. The Morgan fingerprint density at radius 2 is 1.06 bits per heavy atom. The van der Waals surface area contributed by atoms with Gasteiger partial charge in [0.25, 0.3) is 0 Å². The van der Waals surface area contributed by atoms with Crippen molar-refractivity contribution in [1.29, 1.82) is 0 Å². The van der Waals surface area contributed by atoms with Gasteiger partial charge in [0, 0.05) is 82.9 Å². The van der Waals surface area contributed by atoms with E-state index in [9.17, 15) is 18.0 Å². The average molecular weight is 699 g/mol. The van der Waals surface area contributed by atoms with Gasteiger partial charge in [-0.25, -0.2) is 0 Å². The zero-order chi connectivity index (χ0) is 26.0. The van der Waals surface area contributed by atoms with Gasteiger partial charge in [-0.05, 0) is 0 Å². The molecule has 0 aliphatic carbocycles. The molecule has 0 saturated carbocycles. The van der Waals surface area contributed by atoms with E-state index < -0.39 is 21.6 Å². The molecule has 0 fully saturated rings. The third-order valence-electron chi connectivity index (χ3n) is 3.33. The van der Waals surface area contributed by atoms with Crippen molar-refractivity contribution in [3.63, 3.8) is 0 Å². The third-order valence-corrected chi connectivity index (χ3v) is 16.8. The van der Waals surface area contributed by atoms with Crippen molar-refractivity contribution in [2.75, 3.05) is 89.7 Å². The van der Waals surface area contributed by atoms with Crippen LogP contribution in [0.5, 0.6) is 0 Å². The van der Waals surface area contributed by atoms with Crippen molar-refractivity contribution in [2.45, 2.75) is 0 Å². The lowest BCUT2D eigenvalue weighted by Gasteiger charge is -2.04. The molecule has 35 heavy (non-hydrogen) atoms. The first-order chi connectivity index (χ1) is 17.0. The van der Waals surface area contributed by atoms with E-state index in [0.717, 1.165) is 27.4 Å². The maximum absolute atomic E-state index is 12.1. The van der Waals surface area contributed by atoms with Crippen LogP contribution in [0.4, 0.5) is 0 Å². The van der Waals surface area contributed by atoms with Crippen molar-refractivity contribution < 1.29 is 28.2 Å². The van der Waals surface area contributed by atoms with Gasteiger partial charge in [-0.15, -0.1) is 35.3 Å². The highest BCUT2D eigenvalue weighted by Crippen LogP contribution is 2.18. The minimum Gasteiger partial charge on any atom is -0.386 e. The predicted molar refractivity (Wildman–Crippen MR) is 177 cm³/mol. The van der Waals surface area contributed by atoms with Crippen molar-refractivity contribution in [2.24, 2.45) is 0 Å². The van der Waals surface area contributed by atoms with Crippen molar-refractivity contribution in [3.8, 4) is 0 Å². The molecular weight excluding hydrogens is 665 g/mol. The van der Waals surface area contributed by atoms with Crippen LogP contribution in [0.25, 0.3) is 0 Å². The minimum atomic E-state index is -0.958. The van der Waals surface area contributed by atoms with E-state index in [-0.39, 0.29) is 22.1 Å². The Morgan fingerprint density at radius 3 is 1.66 bits per heavy atom. The third kappa shape index (κ3) is 29.5. The summed E-state index contributed by atoms with van der Waals surface area (Å²) in [6, 6.07) is 0. The van der Waals surface area contributed by atoms with Crippen LogP contribution < -0.4 is 0 Å². The van der Waals surface area contributed by atoms with E-state index in [1.54, 1.807) is 23.5 Å². The first-order valence-electron chi connectivity index (χ1n) is 10.3. The summed E-state index contributed by atoms with van der Waals surface area (Å²) in [7, 11) is -1.82. The highest BCUT2D eigenvalue weighted by atomic mass is 32.2. The minimum absolute atomic E-state index is 0.0905. The molecule has 0 aromatic rings. The van der Waals surface area contributed by atoms with Gasteiger partial charge in [-0.3, -0.25) is 18.0 Å². The molecule has 0 amide bonds. The van der Waals surface area contributed by atoms with E-state index in [1.165, 1.54) is 82.3 Å². The number of aliphatic hydroxyl groups excluding tert-OH is 2. The lowest BCUT2D eigenvalue weighted by molar-refractivity contribution is -0.109. The zero-order valence-corrected chi connectivity index (χ0v) is 28.3. The maximum Gasteiger partial charge on any atom is 0.199 e. The van der Waals surface area contributed by atoms with Gasteiger partial charge in [0.05, 0.1) is 28.5 Å². The summed E-state index contributed by atoms with van der Waals surface area (Å²) in [5.41, 5.74) is 0. The number of rotatable bonds is 26. The zero-order valence-electron chi connectivity index (χ0n) is 19.3. The second-order valence-electron chi connectivity index (χ2n) is 5.99. The molecule has 2 unspecified atom stereocenters. The normalized spacial score (nSPS) is 13.1. The summed E-state index contributed by atoms with van der Waals surface area (Å²) in [6.07, 6.45) is 0. The van der Waals surface area contributed by atoms with Crippen LogP contribution in [0.1, 0.15) is 0 Å².